The molecule has 0 amide bonds. The maximum Gasteiger partial charge on any atom is 0.243 e. The van der Waals surface area contributed by atoms with Crippen molar-refractivity contribution in [3.63, 3.8) is 0 Å². The first-order chi connectivity index (χ1) is 9.63. The summed E-state index contributed by atoms with van der Waals surface area (Å²) in [6.45, 7) is 1.20. The van der Waals surface area contributed by atoms with Gasteiger partial charge in [0.2, 0.25) is 10.0 Å². The maximum atomic E-state index is 12.7. The van der Waals surface area contributed by atoms with E-state index in [2.05, 4.69) is 10.2 Å². The summed E-state index contributed by atoms with van der Waals surface area (Å²) in [5.74, 6) is 0.822. The minimum absolute atomic E-state index is 0.166. The SMILES string of the molecule is O=S(=O)(c1ccccc1CCl)N1CCn2cnnc2C1. The molecule has 0 saturated carbocycles. The standard InChI is InChI=1S/C12H13ClN4O2S/c13-7-10-3-1-2-4-11(10)20(18,19)17-6-5-16-9-14-15-12(16)8-17/h1-4,9H,5-8H2. The van der Waals surface area contributed by atoms with Gasteiger partial charge in [0.1, 0.15) is 12.2 Å². The number of halogens is 1. The quantitative estimate of drug-likeness (QED) is 0.799. The number of benzene rings is 1. The molecule has 1 aliphatic rings. The molecule has 2 heterocycles. The van der Waals surface area contributed by atoms with E-state index in [1.54, 1.807) is 30.6 Å². The highest BCUT2D eigenvalue weighted by Gasteiger charge is 2.30. The van der Waals surface area contributed by atoms with Gasteiger partial charge in [-0.3, -0.25) is 0 Å². The van der Waals surface area contributed by atoms with Crippen LogP contribution >= 0.6 is 11.6 Å². The third-order valence-corrected chi connectivity index (χ3v) is 5.57. The highest BCUT2D eigenvalue weighted by atomic mass is 35.5. The fourth-order valence-electron chi connectivity index (χ4n) is 2.25. The third-order valence-electron chi connectivity index (χ3n) is 3.34. The lowest BCUT2D eigenvalue weighted by Crippen LogP contribution is -2.38. The number of alkyl halides is 1. The second kappa shape index (κ2) is 5.16. The lowest BCUT2D eigenvalue weighted by Gasteiger charge is -2.27. The van der Waals surface area contributed by atoms with Gasteiger partial charge in [0.05, 0.1) is 11.4 Å². The Kier molecular flexibility index (Phi) is 3.49. The molecule has 20 heavy (non-hydrogen) atoms. The molecule has 0 saturated heterocycles. The molecule has 0 fully saturated rings. The van der Waals surface area contributed by atoms with Crippen molar-refractivity contribution in [2.45, 2.75) is 23.9 Å². The average Bonchev–Trinajstić information content (AvgIpc) is 2.94. The zero-order chi connectivity index (χ0) is 14.2. The number of fused-ring (bicyclic) bond motifs is 1. The highest BCUT2D eigenvalue weighted by Crippen LogP contribution is 2.24. The molecule has 1 aromatic carbocycles. The molecule has 1 aliphatic heterocycles. The molecule has 8 heteroatoms. The van der Waals surface area contributed by atoms with Gasteiger partial charge in [0.15, 0.2) is 0 Å². The highest BCUT2D eigenvalue weighted by molar-refractivity contribution is 7.89. The molecule has 3 rings (SSSR count). The van der Waals surface area contributed by atoms with Crippen LogP contribution in [0.2, 0.25) is 0 Å². The van der Waals surface area contributed by atoms with Gasteiger partial charge in [-0.1, -0.05) is 18.2 Å². The maximum absolute atomic E-state index is 12.7. The first-order valence-electron chi connectivity index (χ1n) is 6.13. The molecule has 0 radical (unpaired) electrons. The van der Waals surface area contributed by atoms with Gasteiger partial charge >= 0.3 is 0 Å². The monoisotopic (exact) mass is 312 g/mol. The fraction of sp³-hybridized carbons (Fsp3) is 0.333. The van der Waals surface area contributed by atoms with Crippen molar-refractivity contribution in [2.75, 3.05) is 6.54 Å². The van der Waals surface area contributed by atoms with Crippen molar-refractivity contribution >= 4 is 21.6 Å². The summed E-state index contributed by atoms with van der Waals surface area (Å²) in [7, 11) is -3.56. The Morgan fingerprint density at radius 1 is 1.25 bits per heavy atom. The molecular weight excluding hydrogens is 300 g/mol. The average molecular weight is 313 g/mol. The smallest absolute Gasteiger partial charge is 0.243 e. The minimum atomic E-state index is -3.56. The van der Waals surface area contributed by atoms with Gasteiger partial charge in [-0.2, -0.15) is 4.31 Å². The molecule has 2 aromatic rings. The van der Waals surface area contributed by atoms with Gasteiger partial charge in [-0.25, -0.2) is 8.42 Å². The summed E-state index contributed by atoms with van der Waals surface area (Å²) in [6.07, 6.45) is 1.62. The van der Waals surface area contributed by atoms with E-state index >= 15 is 0 Å². The van der Waals surface area contributed by atoms with E-state index in [0.29, 0.717) is 24.5 Å². The first kappa shape index (κ1) is 13.5. The molecule has 0 aliphatic carbocycles. The van der Waals surface area contributed by atoms with Gasteiger partial charge in [0, 0.05) is 19.0 Å². The van der Waals surface area contributed by atoms with Crippen LogP contribution in [0.5, 0.6) is 0 Å². The topological polar surface area (TPSA) is 68.1 Å². The van der Waals surface area contributed by atoms with Crippen LogP contribution in [0.4, 0.5) is 0 Å². The van der Waals surface area contributed by atoms with Crippen LogP contribution in [0.25, 0.3) is 0 Å². The summed E-state index contributed by atoms with van der Waals surface area (Å²) in [5, 5.41) is 7.73. The number of sulfonamides is 1. The largest absolute Gasteiger partial charge is 0.315 e. The van der Waals surface area contributed by atoms with E-state index in [1.807, 2.05) is 4.57 Å². The molecule has 106 valence electrons. The van der Waals surface area contributed by atoms with Crippen molar-refractivity contribution in [1.82, 2.24) is 19.1 Å². The summed E-state index contributed by atoms with van der Waals surface area (Å²) in [5.41, 5.74) is 0.612. The second-order valence-electron chi connectivity index (χ2n) is 4.52. The fourth-order valence-corrected chi connectivity index (χ4v) is 4.17. The predicted molar refractivity (Wildman–Crippen MR) is 73.6 cm³/mol. The summed E-state index contributed by atoms with van der Waals surface area (Å²) < 4.78 is 28.7. The van der Waals surface area contributed by atoms with Crippen molar-refractivity contribution in [2.24, 2.45) is 0 Å². The molecule has 0 unspecified atom stereocenters. The summed E-state index contributed by atoms with van der Waals surface area (Å²) in [4.78, 5) is 0.267. The Labute approximate surface area is 122 Å². The van der Waals surface area contributed by atoms with Crippen molar-refractivity contribution in [3.05, 3.63) is 42.0 Å². The van der Waals surface area contributed by atoms with Crippen molar-refractivity contribution in [3.8, 4) is 0 Å². The molecule has 0 bridgehead atoms. The normalized spacial score (nSPS) is 16.1. The predicted octanol–water partition coefficient (Wildman–Crippen LogP) is 1.22. The van der Waals surface area contributed by atoms with E-state index in [0.717, 1.165) is 0 Å². The Morgan fingerprint density at radius 2 is 2.05 bits per heavy atom. The van der Waals surface area contributed by atoms with Crippen molar-refractivity contribution < 1.29 is 8.42 Å². The Hall–Kier alpha value is -1.44. The Balaban J connectivity index is 1.97. The number of aromatic nitrogens is 3. The van der Waals surface area contributed by atoms with E-state index in [-0.39, 0.29) is 17.3 Å². The van der Waals surface area contributed by atoms with Crippen LogP contribution in [-0.2, 0) is 29.0 Å². The van der Waals surface area contributed by atoms with Crippen LogP contribution < -0.4 is 0 Å². The van der Waals surface area contributed by atoms with Gasteiger partial charge in [0.25, 0.3) is 0 Å². The minimum Gasteiger partial charge on any atom is -0.315 e. The van der Waals surface area contributed by atoms with E-state index < -0.39 is 10.0 Å². The number of rotatable bonds is 3. The van der Waals surface area contributed by atoms with Gasteiger partial charge in [-0.05, 0) is 11.6 Å². The third kappa shape index (κ3) is 2.21. The lowest BCUT2D eigenvalue weighted by molar-refractivity contribution is 0.335. The second-order valence-corrected chi connectivity index (χ2v) is 6.69. The molecule has 6 nitrogen and oxygen atoms in total. The number of hydrogen-bond donors (Lipinski definition) is 0. The van der Waals surface area contributed by atoms with E-state index in [9.17, 15) is 8.42 Å². The summed E-state index contributed by atoms with van der Waals surface area (Å²) in [6, 6.07) is 6.80. The van der Waals surface area contributed by atoms with Crippen LogP contribution in [0, 0.1) is 0 Å². The molecule has 1 aromatic heterocycles. The molecular formula is C12H13ClN4O2S. The summed E-state index contributed by atoms with van der Waals surface area (Å²) >= 11 is 5.83. The van der Waals surface area contributed by atoms with Gasteiger partial charge < -0.3 is 4.57 Å². The Bertz CT molecular complexity index is 729. The molecule has 0 spiro atoms. The van der Waals surface area contributed by atoms with Crippen LogP contribution in [-0.4, -0.2) is 34.0 Å². The molecule has 0 N–H and O–H groups in total. The zero-order valence-electron chi connectivity index (χ0n) is 10.6. The van der Waals surface area contributed by atoms with E-state index in [1.165, 1.54) is 4.31 Å². The van der Waals surface area contributed by atoms with Crippen molar-refractivity contribution in [1.29, 1.82) is 0 Å². The molecule has 0 atom stereocenters. The number of nitrogens with zero attached hydrogens (tertiary/aromatic N) is 4. The Morgan fingerprint density at radius 3 is 2.85 bits per heavy atom. The van der Waals surface area contributed by atoms with Crippen LogP contribution in [0.15, 0.2) is 35.5 Å². The lowest BCUT2D eigenvalue weighted by atomic mass is 10.2. The number of hydrogen-bond acceptors (Lipinski definition) is 4. The van der Waals surface area contributed by atoms with Gasteiger partial charge in [-0.15, -0.1) is 21.8 Å². The first-order valence-corrected chi connectivity index (χ1v) is 8.11. The van der Waals surface area contributed by atoms with Crippen LogP contribution in [0.1, 0.15) is 11.4 Å². The zero-order valence-corrected chi connectivity index (χ0v) is 12.2. The van der Waals surface area contributed by atoms with Crippen LogP contribution in [0.3, 0.4) is 0 Å². The van der Waals surface area contributed by atoms with E-state index in [4.69, 9.17) is 11.6 Å².